The number of hydrogen-bond acceptors (Lipinski definition) is 4. The van der Waals surface area contributed by atoms with E-state index in [0.29, 0.717) is 11.1 Å². The van der Waals surface area contributed by atoms with E-state index in [-0.39, 0.29) is 14.8 Å². The number of carbonyl (C=O) groups is 2. The molecule has 0 bridgehead atoms. The van der Waals surface area contributed by atoms with Crippen molar-refractivity contribution in [2.24, 2.45) is 0 Å². The Labute approximate surface area is 170 Å². The highest BCUT2D eigenvalue weighted by Gasteiger charge is 2.19. The smallest absolute Gasteiger partial charge is 0.215 e. The van der Waals surface area contributed by atoms with Crippen LogP contribution in [0.2, 0.25) is 0 Å². The molecule has 0 radical (unpaired) electrons. The molecule has 0 aliphatic carbocycles. The van der Waals surface area contributed by atoms with E-state index in [1.807, 2.05) is 0 Å². The zero-order chi connectivity index (χ0) is 19.8. The average molecular weight is 399 g/mol. The van der Waals surface area contributed by atoms with Gasteiger partial charge in [-0.05, 0) is 31.4 Å². The van der Waals surface area contributed by atoms with Gasteiger partial charge in [0.2, 0.25) is 10.2 Å². The molecule has 0 aromatic rings. The van der Waals surface area contributed by atoms with E-state index in [1.54, 1.807) is 13.8 Å². The second kappa shape index (κ2) is 16.7. The minimum atomic E-state index is -0.0260. The number of carbonyl (C=O) groups excluding carboxylic acids is 2. The van der Waals surface area contributed by atoms with Gasteiger partial charge in [0.15, 0.2) is 0 Å². The van der Waals surface area contributed by atoms with Crippen LogP contribution in [0.25, 0.3) is 0 Å². The standard InChI is InChI=1S/C22H38O2S2/c1-6-7-8-9-10-11-12-13-14-15-16-17-20(25-21(23)18(2)3)26-22(24)19(4)5/h20H,2,4,6-17H2,1,3,5H3. The second-order valence-corrected chi connectivity index (χ2v) is 9.77. The lowest BCUT2D eigenvalue weighted by molar-refractivity contribution is -0.108. The Morgan fingerprint density at radius 2 is 1.04 bits per heavy atom. The number of thioether (sulfide) groups is 2. The van der Waals surface area contributed by atoms with E-state index in [9.17, 15) is 9.59 Å². The molecule has 0 aliphatic rings. The van der Waals surface area contributed by atoms with Gasteiger partial charge in [-0.2, -0.15) is 0 Å². The van der Waals surface area contributed by atoms with Crippen molar-refractivity contribution in [1.29, 1.82) is 0 Å². The molecule has 0 atom stereocenters. The Balaban J connectivity index is 3.91. The molecular formula is C22H38O2S2. The van der Waals surface area contributed by atoms with Crippen LogP contribution >= 0.6 is 23.5 Å². The predicted octanol–water partition coefficient (Wildman–Crippen LogP) is 7.69. The Morgan fingerprint density at radius 1 is 0.692 bits per heavy atom. The largest absolute Gasteiger partial charge is 0.282 e. The quantitative estimate of drug-likeness (QED) is 0.152. The summed E-state index contributed by atoms with van der Waals surface area (Å²) in [7, 11) is 0. The van der Waals surface area contributed by atoms with E-state index >= 15 is 0 Å². The summed E-state index contributed by atoms with van der Waals surface area (Å²) in [5.74, 6) is 0. The third-order valence-electron chi connectivity index (χ3n) is 4.22. The van der Waals surface area contributed by atoms with Crippen LogP contribution in [0.1, 0.15) is 97.8 Å². The van der Waals surface area contributed by atoms with E-state index in [0.717, 1.165) is 12.8 Å². The maximum absolute atomic E-state index is 11.9. The average Bonchev–Trinajstić information content (AvgIpc) is 2.59. The van der Waals surface area contributed by atoms with Gasteiger partial charge in [-0.15, -0.1) is 0 Å². The summed E-state index contributed by atoms with van der Waals surface area (Å²) in [4.78, 5) is 23.8. The van der Waals surface area contributed by atoms with Gasteiger partial charge in [0.05, 0.1) is 4.58 Å². The first-order valence-corrected chi connectivity index (χ1v) is 11.9. The lowest BCUT2D eigenvalue weighted by Crippen LogP contribution is -2.08. The Bertz CT molecular complexity index is 415. The fraction of sp³-hybridized carbons (Fsp3) is 0.727. The van der Waals surface area contributed by atoms with Crippen molar-refractivity contribution >= 4 is 33.8 Å². The molecule has 150 valence electrons. The van der Waals surface area contributed by atoms with Crippen LogP contribution in [0.5, 0.6) is 0 Å². The van der Waals surface area contributed by atoms with Crippen molar-refractivity contribution in [2.75, 3.05) is 0 Å². The predicted molar refractivity (Wildman–Crippen MR) is 120 cm³/mol. The Morgan fingerprint density at radius 3 is 1.38 bits per heavy atom. The molecule has 0 aromatic heterocycles. The molecule has 26 heavy (non-hydrogen) atoms. The molecule has 0 saturated carbocycles. The maximum Gasteiger partial charge on any atom is 0.215 e. The molecule has 0 rings (SSSR count). The third kappa shape index (κ3) is 14.7. The first-order valence-electron chi connectivity index (χ1n) is 10.1. The topological polar surface area (TPSA) is 34.1 Å². The van der Waals surface area contributed by atoms with Crippen molar-refractivity contribution in [3.8, 4) is 0 Å². The summed E-state index contributed by atoms with van der Waals surface area (Å²) >= 11 is 2.48. The lowest BCUT2D eigenvalue weighted by Gasteiger charge is -2.14. The van der Waals surface area contributed by atoms with Gasteiger partial charge in [-0.1, -0.05) is 114 Å². The first kappa shape index (κ1) is 25.5. The zero-order valence-corrected chi connectivity index (χ0v) is 18.7. The van der Waals surface area contributed by atoms with Gasteiger partial charge in [-0.25, -0.2) is 0 Å². The lowest BCUT2D eigenvalue weighted by atomic mass is 10.1. The third-order valence-corrected chi connectivity index (χ3v) is 6.92. The van der Waals surface area contributed by atoms with E-state index in [1.165, 1.54) is 87.7 Å². The highest BCUT2D eigenvalue weighted by molar-refractivity contribution is 8.30. The van der Waals surface area contributed by atoms with Crippen LogP contribution in [-0.4, -0.2) is 14.8 Å². The summed E-state index contributed by atoms with van der Waals surface area (Å²) in [6.45, 7) is 13.1. The zero-order valence-electron chi connectivity index (χ0n) is 17.1. The molecule has 0 aliphatic heterocycles. The molecule has 0 fully saturated rings. The molecule has 0 unspecified atom stereocenters. The second-order valence-electron chi connectivity index (χ2n) is 7.13. The fourth-order valence-corrected chi connectivity index (χ4v) is 4.72. The van der Waals surface area contributed by atoms with Gasteiger partial charge >= 0.3 is 0 Å². The van der Waals surface area contributed by atoms with Crippen molar-refractivity contribution in [3.05, 3.63) is 24.3 Å². The van der Waals surface area contributed by atoms with E-state index in [4.69, 9.17) is 0 Å². The first-order chi connectivity index (χ1) is 12.4. The summed E-state index contributed by atoms with van der Waals surface area (Å²) in [6.07, 6.45) is 15.2. The van der Waals surface area contributed by atoms with Gasteiger partial charge in [-0.3, -0.25) is 9.59 Å². The fourth-order valence-electron chi connectivity index (χ4n) is 2.56. The van der Waals surface area contributed by atoms with Crippen LogP contribution in [0.15, 0.2) is 24.3 Å². The molecule has 0 heterocycles. The summed E-state index contributed by atoms with van der Waals surface area (Å²) in [6, 6.07) is 0. The molecule has 0 spiro atoms. The maximum atomic E-state index is 11.9. The van der Waals surface area contributed by atoms with Gasteiger partial charge in [0, 0.05) is 0 Å². The van der Waals surface area contributed by atoms with Crippen LogP contribution in [-0.2, 0) is 9.59 Å². The molecular weight excluding hydrogens is 360 g/mol. The normalized spacial score (nSPS) is 10.9. The summed E-state index contributed by atoms with van der Waals surface area (Å²) in [5.41, 5.74) is 1.09. The monoisotopic (exact) mass is 398 g/mol. The van der Waals surface area contributed by atoms with Gasteiger partial charge in [0.1, 0.15) is 0 Å². The van der Waals surface area contributed by atoms with Crippen LogP contribution in [0.4, 0.5) is 0 Å². The van der Waals surface area contributed by atoms with E-state index < -0.39 is 0 Å². The van der Waals surface area contributed by atoms with Gasteiger partial charge < -0.3 is 0 Å². The SMILES string of the molecule is C=C(C)C(=O)SC(CCCCCCCCCCCCC)SC(=O)C(=C)C. The molecule has 2 nitrogen and oxygen atoms in total. The summed E-state index contributed by atoms with van der Waals surface area (Å²) in [5, 5.41) is -0.0276. The minimum Gasteiger partial charge on any atom is -0.282 e. The molecule has 4 heteroatoms. The van der Waals surface area contributed by atoms with Gasteiger partial charge in [0.25, 0.3) is 0 Å². The molecule has 0 aromatic carbocycles. The Hall–Kier alpha value is -0.480. The number of unbranched alkanes of at least 4 members (excludes halogenated alkanes) is 10. The van der Waals surface area contributed by atoms with Crippen LogP contribution in [0.3, 0.4) is 0 Å². The van der Waals surface area contributed by atoms with Crippen LogP contribution in [0, 0.1) is 0 Å². The number of hydrogen-bond donors (Lipinski definition) is 0. The van der Waals surface area contributed by atoms with Crippen molar-refractivity contribution in [2.45, 2.75) is 102 Å². The van der Waals surface area contributed by atoms with Crippen LogP contribution < -0.4 is 0 Å². The molecule has 0 saturated heterocycles. The van der Waals surface area contributed by atoms with Crippen molar-refractivity contribution in [1.82, 2.24) is 0 Å². The molecule has 0 N–H and O–H groups in total. The minimum absolute atomic E-state index is 0.0138. The van der Waals surface area contributed by atoms with Crippen molar-refractivity contribution < 1.29 is 9.59 Å². The molecule has 0 amide bonds. The summed E-state index contributed by atoms with van der Waals surface area (Å²) < 4.78 is -0.0260. The van der Waals surface area contributed by atoms with E-state index in [2.05, 4.69) is 20.1 Å². The highest BCUT2D eigenvalue weighted by atomic mass is 32.2. The Kier molecular flexibility index (Phi) is 16.4. The number of rotatable bonds is 16. The van der Waals surface area contributed by atoms with Crippen molar-refractivity contribution in [3.63, 3.8) is 0 Å². The highest BCUT2D eigenvalue weighted by Crippen LogP contribution is 2.32.